The van der Waals surface area contributed by atoms with Gasteiger partial charge in [0.25, 0.3) is 0 Å². The number of pyridine rings is 1. The number of carbonyl (C=O) groups is 1. The van der Waals surface area contributed by atoms with E-state index < -0.39 is 5.97 Å². The Labute approximate surface area is 106 Å². The van der Waals surface area contributed by atoms with Crippen molar-refractivity contribution in [2.75, 3.05) is 18.1 Å². The Kier molecular flexibility index (Phi) is 3.52. The molecule has 98 valence electrons. The number of morpholine rings is 1. The highest BCUT2D eigenvalue weighted by atomic mass is 16.5. The number of carboxylic acid groups (broad SMARTS) is 1. The molecule has 2 rings (SSSR count). The molecule has 1 saturated heterocycles. The summed E-state index contributed by atoms with van der Waals surface area (Å²) in [5, 5.41) is 9.24. The lowest BCUT2D eigenvalue weighted by Gasteiger charge is -2.39. The van der Waals surface area contributed by atoms with Gasteiger partial charge in [-0.15, -0.1) is 0 Å². The maximum absolute atomic E-state index is 11.3. The van der Waals surface area contributed by atoms with E-state index in [-0.39, 0.29) is 17.7 Å². The van der Waals surface area contributed by atoms with Gasteiger partial charge in [0.05, 0.1) is 18.4 Å². The summed E-state index contributed by atoms with van der Waals surface area (Å²) in [5.41, 5.74) is 1.81. The summed E-state index contributed by atoms with van der Waals surface area (Å²) in [7, 11) is 0. The summed E-state index contributed by atoms with van der Waals surface area (Å²) in [6.45, 7) is 7.21. The molecule has 1 aromatic heterocycles. The van der Waals surface area contributed by atoms with Crippen molar-refractivity contribution in [3.63, 3.8) is 0 Å². The molecule has 0 radical (unpaired) electrons. The standard InChI is InChI=1S/C13H18N2O3/c1-8-4-12(11(5-14-8)13(16)17)15-6-10(3)18-7-9(15)2/h4-5,9-10H,6-7H2,1-3H3,(H,16,17). The van der Waals surface area contributed by atoms with Crippen LogP contribution in [0.25, 0.3) is 0 Å². The van der Waals surface area contributed by atoms with Gasteiger partial charge in [-0.1, -0.05) is 0 Å². The maximum atomic E-state index is 11.3. The molecule has 1 N–H and O–H groups in total. The Bertz CT molecular complexity index is 462. The topological polar surface area (TPSA) is 62.7 Å². The molecule has 1 fully saturated rings. The summed E-state index contributed by atoms with van der Waals surface area (Å²) in [6.07, 6.45) is 1.54. The molecule has 0 bridgehead atoms. The molecule has 0 aliphatic carbocycles. The number of nitrogens with zero attached hydrogens (tertiary/aromatic N) is 2. The predicted octanol–water partition coefficient (Wildman–Crippen LogP) is 1.70. The first-order valence-corrected chi connectivity index (χ1v) is 6.07. The molecule has 1 aliphatic heterocycles. The number of rotatable bonds is 2. The quantitative estimate of drug-likeness (QED) is 0.865. The fourth-order valence-electron chi connectivity index (χ4n) is 2.19. The van der Waals surface area contributed by atoms with Crippen molar-refractivity contribution in [1.82, 2.24) is 4.98 Å². The van der Waals surface area contributed by atoms with Crippen LogP contribution in [0.5, 0.6) is 0 Å². The lowest BCUT2D eigenvalue weighted by atomic mass is 10.1. The van der Waals surface area contributed by atoms with Gasteiger partial charge in [-0.3, -0.25) is 4.98 Å². The number of aromatic carboxylic acids is 1. The Morgan fingerprint density at radius 1 is 1.56 bits per heavy atom. The number of hydrogen-bond donors (Lipinski definition) is 1. The number of aromatic nitrogens is 1. The lowest BCUT2D eigenvalue weighted by Crippen LogP contribution is -2.48. The molecule has 2 heterocycles. The Hall–Kier alpha value is -1.62. The molecule has 0 spiro atoms. The van der Waals surface area contributed by atoms with Crippen LogP contribution in [-0.4, -0.2) is 41.4 Å². The Balaban J connectivity index is 2.41. The second kappa shape index (κ2) is 4.94. The van der Waals surface area contributed by atoms with E-state index in [2.05, 4.69) is 9.88 Å². The van der Waals surface area contributed by atoms with E-state index in [0.717, 1.165) is 11.4 Å². The van der Waals surface area contributed by atoms with E-state index >= 15 is 0 Å². The zero-order valence-corrected chi connectivity index (χ0v) is 10.9. The van der Waals surface area contributed by atoms with Crippen LogP contribution in [0.2, 0.25) is 0 Å². The number of ether oxygens (including phenoxy) is 1. The minimum atomic E-state index is -0.941. The monoisotopic (exact) mass is 250 g/mol. The minimum Gasteiger partial charge on any atom is -0.478 e. The van der Waals surface area contributed by atoms with Gasteiger partial charge in [0.15, 0.2) is 0 Å². The highest BCUT2D eigenvalue weighted by Crippen LogP contribution is 2.26. The van der Waals surface area contributed by atoms with E-state index in [1.165, 1.54) is 6.20 Å². The fourth-order valence-corrected chi connectivity index (χ4v) is 2.19. The van der Waals surface area contributed by atoms with Gasteiger partial charge in [-0.25, -0.2) is 4.79 Å². The van der Waals surface area contributed by atoms with Gasteiger partial charge >= 0.3 is 5.97 Å². The number of carboxylic acids is 1. The number of anilines is 1. The first-order valence-electron chi connectivity index (χ1n) is 6.07. The zero-order chi connectivity index (χ0) is 13.3. The summed E-state index contributed by atoms with van der Waals surface area (Å²) in [5.74, 6) is -0.941. The molecule has 5 nitrogen and oxygen atoms in total. The molecular formula is C13H18N2O3. The Morgan fingerprint density at radius 2 is 2.28 bits per heavy atom. The summed E-state index contributed by atoms with van der Waals surface area (Å²) >= 11 is 0. The summed E-state index contributed by atoms with van der Waals surface area (Å²) in [4.78, 5) is 17.4. The van der Waals surface area contributed by atoms with E-state index in [4.69, 9.17) is 4.74 Å². The van der Waals surface area contributed by atoms with Crippen molar-refractivity contribution in [2.45, 2.75) is 32.9 Å². The SMILES string of the molecule is Cc1cc(N2CC(C)OCC2C)c(C(=O)O)cn1. The molecule has 5 heteroatoms. The van der Waals surface area contributed by atoms with Crippen molar-refractivity contribution in [1.29, 1.82) is 0 Å². The Morgan fingerprint density at radius 3 is 2.94 bits per heavy atom. The van der Waals surface area contributed by atoms with E-state index in [1.54, 1.807) is 0 Å². The molecular weight excluding hydrogens is 232 g/mol. The van der Waals surface area contributed by atoms with Crippen molar-refractivity contribution < 1.29 is 14.6 Å². The first-order chi connectivity index (χ1) is 8.49. The van der Waals surface area contributed by atoms with Crippen molar-refractivity contribution in [2.24, 2.45) is 0 Å². The van der Waals surface area contributed by atoms with Gasteiger partial charge in [0.2, 0.25) is 0 Å². The van der Waals surface area contributed by atoms with Crippen molar-refractivity contribution in [3.05, 3.63) is 23.5 Å². The average Bonchev–Trinajstić information content (AvgIpc) is 2.31. The number of hydrogen-bond acceptors (Lipinski definition) is 4. The summed E-state index contributed by atoms with van der Waals surface area (Å²) < 4.78 is 5.57. The molecule has 0 saturated carbocycles. The molecule has 18 heavy (non-hydrogen) atoms. The largest absolute Gasteiger partial charge is 0.478 e. The smallest absolute Gasteiger partial charge is 0.339 e. The van der Waals surface area contributed by atoms with Crippen LogP contribution >= 0.6 is 0 Å². The van der Waals surface area contributed by atoms with Crippen LogP contribution in [0.3, 0.4) is 0 Å². The van der Waals surface area contributed by atoms with Crippen LogP contribution in [0.15, 0.2) is 12.3 Å². The van der Waals surface area contributed by atoms with E-state index in [9.17, 15) is 9.90 Å². The van der Waals surface area contributed by atoms with Gasteiger partial charge in [0.1, 0.15) is 5.56 Å². The molecule has 1 aliphatic rings. The predicted molar refractivity (Wildman–Crippen MR) is 68.2 cm³/mol. The minimum absolute atomic E-state index is 0.108. The molecule has 0 aromatic carbocycles. The van der Waals surface area contributed by atoms with Gasteiger partial charge in [-0.05, 0) is 26.8 Å². The van der Waals surface area contributed by atoms with E-state index in [0.29, 0.717) is 13.2 Å². The lowest BCUT2D eigenvalue weighted by molar-refractivity contribution is 0.0341. The highest BCUT2D eigenvalue weighted by molar-refractivity contribution is 5.94. The average molecular weight is 250 g/mol. The van der Waals surface area contributed by atoms with Crippen molar-refractivity contribution in [3.8, 4) is 0 Å². The third-order valence-electron chi connectivity index (χ3n) is 3.17. The van der Waals surface area contributed by atoms with E-state index in [1.807, 2.05) is 26.8 Å². The van der Waals surface area contributed by atoms with Crippen LogP contribution in [0.4, 0.5) is 5.69 Å². The van der Waals surface area contributed by atoms with Crippen LogP contribution in [0, 0.1) is 6.92 Å². The first kappa shape index (κ1) is 12.8. The van der Waals surface area contributed by atoms with Gasteiger partial charge in [0, 0.05) is 24.5 Å². The van der Waals surface area contributed by atoms with Gasteiger partial charge in [-0.2, -0.15) is 0 Å². The second-order valence-electron chi connectivity index (χ2n) is 4.79. The van der Waals surface area contributed by atoms with Crippen molar-refractivity contribution >= 4 is 11.7 Å². The van der Waals surface area contributed by atoms with Crippen LogP contribution in [0.1, 0.15) is 29.9 Å². The molecule has 2 unspecified atom stereocenters. The highest BCUT2D eigenvalue weighted by Gasteiger charge is 2.27. The zero-order valence-electron chi connectivity index (χ0n) is 10.9. The second-order valence-corrected chi connectivity index (χ2v) is 4.79. The number of aryl methyl sites for hydroxylation is 1. The summed E-state index contributed by atoms with van der Waals surface area (Å²) in [6, 6.07) is 2.00. The normalized spacial score (nSPS) is 24.1. The van der Waals surface area contributed by atoms with Gasteiger partial charge < -0.3 is 14.7 Å². The van der Waals surface area contributed by atoms with Crippen LogP contribution < -0.4 is 4.90 Å². The fraction of sp³-hybridized carbons (Fsp3) is 0.538. The molecule has 0 amide bonds. The third-order valence-corrected chi connectivity index (χ3v) is 3.17. The van der Waals surface area contributed by atoms with Crippen LogP contribution in [-0.2, 0) is 4.74 Å². The molecule has 2 atom stereocenters. The maximum Gasteiger partial charge on any atom is 0.339 e. The molecule has 1 aromatic rings. The third kappa shape index (κ3) is 2.46.